The molecule has 2 amide bonds. The van der Waals surface area contributed by atoms with Crippen LogP contribution in [0.1, 0.15) is 26.2 Å². The summed E-state index contributed by atoms with van der Waals surface area (Å²) in [5, 5.41) is 8.87. The van der Waals surface area contributed by atoms with Crippen LogP contribution in [0, 0.1) is 0 Å². The Morgan fingerprint density at radius 2 is 2.20 bits per heavy atom. The van der Waals surface area contributed by atoms with Gasteiger partial charge in [-0.2, -0.15) is 0 Å². The molecule has 2 aliphatic heterocycles. The molecule has 5 nitrogen and oxygen atoms in total. The number of carbonyl (C=O) groups excluding carboxylic acids is 1. The molecule has 2 rings (SSSR count). The van der Waals surface area contributed by atoms with Crippen LogP contribution in [0.2, 0.25) is 0 Å². The average molecular weight is 212 g/mol. The molecule has 5 heteroatoms. The Bertz CT molecular complexity index is 292. The number of piperidine rings is 1. The van der Waals surface area contributed by atoms with Gasteiger partial charge in [0.15, 0.2) is 0 Å². The van der Waals surface area contributed by atoms with Gasteiger partial charge in [0, 0.05) is 18.6 Å². The van der Waals surface area contributed by atoms with Crippen molar-refractivity contribution in [1.29, 1.82) is 0 Å². The molecule has 1 N–H and O–H groups in total. The standard InChI is InChI=1S/C10H16N2O3/c1-7-3-2-4-8-5-11(10(14)15)6-9(13)12(7)8/h7-8H,2-6H2,1H3,(H,14,15)/t7-,8-/m1/s1. The quantitative estimate of drug-likeness (QED) is 0.644. The molecule has 2 fully saturated rings. The van der Waals surface area contributed by atoms with Crippen LogP contribution >= 0.6 is 0 Å². The number of hydrogen-bond acceptors (Lipinski definition) is 2. The van der Waals surface area contributed by atoms with Crippen LogP contribution in [0.15, 0.2) is 0 Å². The summed E-state index contributed by atoms with van der Waals surface area (Å²) in [5.41, 5.74) is 0. The first-order valence-corrected chi connectivity index (χ1v) is 5.38. The first-order chi connectivity index (χ1) is 7.09. The van der Waals surface area contributed by atoms with E-state index in [-0.39, 0.29) is 24.5 Å². The van der Waals surface area contributed by atoms with Gasteiger partial charge in [-0.25, -0.2) is 4.79 Å². The Hall–Kier alpha value is -1.26. The van der Waals surface area contributed by atoms with Gasteiger partial charge in [-0.05, 0) is 26.2 Å². The lowest BCUT2D eigenvalue weighted by molar-refractivity contribution is -0.144. The lowest BCUT2D eigenvalue weighted by atomic mass is 9.94. The highest BCUT2D eigenvalue weighted by Crippen LogP contribution is 2.26. The zero-order chi connectivity index (χ0) is 11.0. The molecule has 0 bridgehead atoms. The summed E-state index contributed by atoms with van der Waals surface area (Å²) in [6, 6.07) is 0.373. The minimum atomic E-state index is -0.985. The third-order valence-electron chi connectivity index (χ3n) is 3.34. The van der Waals surface area contributed by atoms with Crippen LogP contribution in [0.5, 0.6) is 0 Å². The predicted molar refractivity (Wildman–Crippen MR) is 53.5 cm³/mol. The maximum absolute atomic E-state index is 11.8. The molecule has 0 radical (unpaired) electrons. The molecule has 2 atom stereocenters. The fourth-order valence-corrected chi connectivity index (χ4v) is 2.63. The van der Waals surface area contributed by atoms with Gasteiger partial charge in [0.2, 0.25) is 5.91 Å². The second-order valence-electron chi connectivity index (χ2n) is 4.40. The minimum absolute atomic E-state index is 0.0240. The third kappa shape index (κ3) is 1.78. The Labute approximate surface area is 88.6 Å². The van der Waals surface area contributed by atoms with E-state index in [2.05, 4.69) is 0 Å². The zero-order valence-electron chi connectivity index (χ0n) is 8.85. The van der Waals surface area contributed by atoms with Crippen LogP contribution < -0.4 is 0 Å². The van der Waals surface area contributed by atoms with Gasteiger partial charge >= 0.3 is 6.09 Å². The van der Waals surface area contributed by atoms with Crippen molar-refractivity contribution in [2.24, 2.45) is 0 Å². The Morgan fingerprint density at radius 1 is 1.47 bits per heavy atom. The monoisotopic (exact) mass is 212 g/mol. The van der Waals surface area contributed by atoms with Crippen LogP contribution in [-0.2, 0) is 4.79 Å². The number of piperazine rings is 1. The Kier molecular flexibility index (Phi) is 2.54. The van der Waals surface area contributed by atoms with E-state index in [0.29, 0.717) is 6.54 Å². The topological polar surface area (TPSA) is 60.9 Å². The van der Waals surface area contributed by atoms with Crippen molar-refractivity contribution in [3.05, 3.63) is 0 Å². The largest absolute Gasteiger partial charge is 0.465 e. The fraction of sp³-hybridized carbons (Fsp3) is 0.800. The second kappa shape index (κ2) is 3.72. The molecule has 15 heavy (non-hydrogen) atoms. The van der Waals surface area contributed by atoms with Crippen molar-refractivity contribution in [3.63, 3.8) is 0 Å². The predicted octanol–water partition coefficient (Wildman–Crippen LogP) is 0.750. The van der Waals surface area contributed by atoms with Gasteiger partial charge in [-0.1, -0.05) is 0 Å². The molecule has 2 aliphatic rings. The van der Waals surface area contributed by atoms with E-state index < -0.39 is 6.09 Å². The number of rotatable bonds is 0. The smallest absolute Gasteiger partial charge is 0.407 e. The fourth-order valence-electron chi connectivity index (χ4n) is 2.63. The molecule has 84 valence electrons. The first-order valence-electron chi connectivity index (χ1n) is 5.38. The van der Waals surface area contributed by atoms with Crippen molar-refractivity contribution in [2.45, 2.75) is 38.3 Å². The molecule has 0 unspecified atom stereocenters. The van der Waals surface area contributed by atoms with E-state index >= 15 is 0 Å². The maximum atomic E-state index is 11.8. The summed E-state index contributed by atoms with van der Waals surface area (Å²) in [7, 11) is 0. The summed E-state index contributed by atoms with van der Waals surface area (Å²) >= 11 is 0. The van der Waals surface area contributed by atoms with Gasteiger partial charge in [0.05, 0.1) is 0 Å². The molecule has 2 heterocycles. The number of hydrogen-bond donors (Lipinski definition) is 1. The maximum Gasteiger partial charge on any atom is 0.407 e. The number of carbonyl (C=O) groups is 2. The number of fused-ring (bicyclic) bond motifs is 1. The molecular formula is C10H16N2O3. The van der Waals surface area contributed by atoms with Gasteiger partial charge in [-0.3, -0.25) is 9.69 Å². The van der Waals surface area contributed by atoms with Crippen molar-refractivity contribution in [1.82, 2.24) is 9.80 Å². The Balaban J connectivity index is 2.13. The number of carboxylic acid groups (broad SMARTS) is 1. The van der Waals surface area contributed by atoms with Crippen LogP contribution in [0.3, 0.4) is 0 Å². The minimum Gasteiger partial charge on any atom is -0.465 e. The van der Waals surface area contributed by atoms with E-state index in [9.17, 15) is 9.59 Å². The van der Waals surface area contributed by atoms with Crippen molar-refractivity contribution in [2.75, 3.05) is 13.1 Å². The summed E-state index contributed by atoms with van der Waals surface area (Å²) in [5.74, 6) is -0.0409. The van der Waals surface area contributed by atoms with Gasteiger partial charge in [0.25, 0.3) is 0 Å². The molecule has 0 aromatic carbocycles. The molecule has 0 aromatic heterocycles. The second-order valence-corrected chi connectivity index (χ2v) is 4.40. The Morgan fingerprint density at radius 3 is 2.87 bits per heavy atom. The highest BCUT2D eigenvalue weighted by molar-refractivity contribution is 5.83. The lowest BCUT2D eigenvalue weighted by Crippen LogP contribution is -2.61. The summed E-state index contributed by atoms with van der Waals surface area (Å²) in [6.07, 6.45) is 2.07. The summed E-state index contributed by atoms with van der Waals surface area (Å²) in [4.78, 5) is 25.7. The molecule has 0 spiro atoms. The van der Waals surface area contributed by atoms with Crippen LogP contribution in [0.25, 0.3) is 0 Å². The summed E-state index contributed by atoms with van der Waals surface area (Å²) in [6.45, 7) is 2.54. The molecule has 0 saturated carbocycles. The zero-order valence-corrected chi connectivity index (χ0v) is 8.85. The van der Waals surface area contributed by atoms with Gasteiger partial charge in [-0.15, -0.1) is 0 Å². The van der Waals surface area contributed by atoms with E-state index in [1.54, 1.807) is 0 Å². The van der Waals surface area contributed by atoms with Crippen molar-refractivity contribution in [3.8, 4) is 0 Å². The average Bonchev–Trinajstić information content (AvgIpc) is 2.17. The van der Waals surface area contributed by atoms with Gasteiger partial charge < -0.3 is 10.0 Å². The van der Waals surface area contributed by atoms with Gasteiger partial charge in [0.1, 0.15) is 6.54 Å². The highest BCUT2D eigenvalue weighted by Gasteiger charge is 2.38. The number of amides is 2. The van der Waals surface area contributed by atoms with E-state index in [1.807, 2.05) is 11.8 Å². The van der Waals surface area contributed by atoms with Crippen LogP contribution in [0.4, 0.5) is 4.79 Å². The van der Waals surface area contributed by atoms with E-state index in [1.165, 1.54) is 4.90 Å². The SMILES string of the molecule is C[C@@H]1CCC[C@@H]2CN(C(=O)O)CC(=O)N21. The molecular weight excluding hydrogens is 196 g/mol. The van der Waals surface area contributed by atoms with Crippen molar-refractivity contribution >= 4 is 12.0 Å². The van der Waals surface area contributed by atoms with E-state index in [0.717, 1.165) is 19.3 Å². The van der Waals surface area contributed by atoms with Crippen molar-refractivity contribution < 1.29 is 14.7 Å². The molecule has 0 aromatic rings. The third-order valence-corrected chi connectivity index (χ3v) is 3.34. The lowest BCUT2D eigenvalue weighted by Gasteiger charge is -2.46. The normalized spacial score (nSPS) is 31.4. The molecule has 0 aliphatic carbocycles. The highest BCUT2D eigenvalue weighted by atomic mass is 16.4. The van der Waals surface area contributed by atoms with E-state index in [4.69, 9.17) is 5.11 Å². The van der Waals surface area contributed by atoms with Crippen LogP contribution in [-0.4, -0.2) is 52.1 Å². The summed E-state index contributed by atoms with van der Waals surface area (Å²) < 4.78 is 0. The number of nitrogens with zero attached hydrogens (tertiary/aromatic N) is 2. The molecule has 2 saturated heterocycles. The first kappa shape index (κ1) is 10.3.